The molecule has 1 aliphatic heterocycles. The summed E-state index contributed by atoms with van der Waals surface area (Å²) in [6.07, 6.45) is 2.17. The fraction of sp³-hybridized carbons (Fsp3) is 0.292. The zero-order valence-corrected chi connectivity index (χ0v) is 21.1. The highest BCUT2D eigenvalue weighted by atomic mass is 79.9. The monoisotopic (exact) mass is 544 g/mol. The van der Waals surface area contributed by atoms with Gasteiger partial charge in [-0.15, -0.1) is 5.10 Å². The van der Waals surface area contributed by atoms with Crippen LogP contribution in [0.1, 0.15) is 43.4 Å². The first kappa shape index (κ1) is 22.5. The number of rotatable bonds is 6. The van der Waals surface area contributed by atoms with Crippen molar-refractivity contribution in [3.05, 3.63) is 74.4 Å². The minimum absolute atomic E-state index is 0.136. The van der Waals surface area contributed by atoms with Gasteiger partial charge in [-0.1, -0.05) is 64.4 Å². The van der Waals surface area contributed by atoms with E-state index in [4.69, 9.17) is 21.4 Å². The number of ether oxygens (including phenoxy) is 1. The highest BCUT2D eigenvalue weighted by Crippen LogP contribution is 2.44. The minimum Gasteiger partial charge on any atom is -0.488 e. The lowest BCUT2D eigenvalue weighted by molar-refractivity contribution is -0.116. The second kappa shape index (κ2) is 9.52. The Bertz CT molecular complexity index is 1260. The first-order chi connectivity index (χ1) is 16.0. The number of fused-ring (bicyclic) bond motifs is 1. The van der Waals surface area contributed by atoms with Gasteiger partial charge in [-0.25, -0.2) is 4.68 Å². The first-order valence-electron chi connectivity index (χ1n) is 10.8. The number of ketones is 1. The predicted octanol–water partition coefficient (Wildman–Crippen LogP) is 6.41. The number of allylic oxidation sites excluding steroid dienone is 2. The largest absolute Gasteiger partial charge is 0.488 e. The molecule has 6 nitrogen and oxygen atoms in total. The SMILES string of the molecule is CCSc1nc2n(n1)C(c1cc(Br)ccc1OCc1ccccc1Cl)C1=C(CCCC1=O)N2. The molecule has 0 amide bonds. The Hall–Kier alpha value is -2.29. The molecule has 33 heavy (non-hydrogen) atoms. The van der Waals surface area contributed by atoms with Gasteiger partial charge >= 0.3 is 0 Å². The van der Waals surface area contributed by atoms with E-state index in [1.165, 1.54) is 0 Å². The van der Waals surface area contributed by atoms with Gasteiger partial charge in [0.05, 0.1) is 0 Å². The van der Waals surface area contributed by atoms with Crippen molar-refractivity contribution in [2.24, 2.45) is 0 Å². The number of carbonyl (C=O) groups excluding carboxylic acids is 1. The van der Waals surface area contributed by atoms with Crippen LogP contribution >= 0.6 is 39.3 Å². The molecule has 0 saturated heterocycles. The summed E-state index contributed by atoms with van der Waals surface area (Å²) >= 11 is 11.5. The quantitative estimate of drug-likeness (QED) is 0.361. The van der Waals surface area contributed by atoms with Gasteiger partial charge in [0.1, 0.15) is 18.4 Å². The molecule has 0 fully saturated rings. The maximum Gasteiger partial charge on any atom is 0.227 e. The fourth-order valence-corrected chi connectivity index (χ4v) is 5.37. The number of Topliss-reactive ketones (excluding diaryl/α,β-unsaturated/α-hetero) is 1. The Morgan fingerprint density at radius 1 is 1.27 bits per heavy atom. The molecule has 2 aliphatic rings. The van der Waals surface area contributed by atoms with Crippen LogP contribution in [0.25, 0.3) is 0 Å². The number of hydrogen-bond acceptors (Lipinski definition) is 6. The molecule has 2 heterocycles. The van der Waals surface area contributed by atoms with Crippen LogP contribution in [0, 0.1) is 0 Å². The third-order valence-electron chi connectivity index (χ3n) is 5.73. The molecule has 1 aliphatic carbocycles. The summed E-state index contributed by atoms with van der Waals surface area (Å²) in [6.45, 7) is 2.39. The van der Waals surface area contributed by atoms with Crippen molar-refractivity contribution in [1.29, 1.82) is 0 Å². The van der Waals surface area contributed by atoms with Crippen molar-refractivity contribution in [2.45, 2.75) is 44.0 Å². The second-order valence-corrected chi connectivity index (χ2v) is 10.4. The molecule has 1 unspecified atom stereocenters. The number of benzene rings is 2. The van der Waals surface area contributed by atoms with E-state index >= 15 is 0 Å². The van der Waals surface area contributed by atoms with Crippen LogP contribution in [0.4, 0.5) is 5.95 Å². The molecule has 5 rings (SSSR count). The van der Waals surface area contributed by atoms with Crippen molar-refractivity contribution in [3.63, 3.8) is 0 Å². The zero-order valence-electron chi connectivity index (χ0n) is 18.0. The molecule has 0 radical (unpaired) electrons. The van der Waals surface area contributed by atoms with E-state index in [2.05, 4.69) is 33.2 Å². The molecule has 0 bridgehead atoms. The highest BCUT2D eigenvalue weighted by molar-refractivity contribution is 9.10. The lowest BCUT2D eigenvalue weighted by Crippen LogP contribution is -2.31. The average molecular weight is 546 g/mol. The van der Waals surface area contributed by atoms with Crippen molar-refractivity contribution in [1.82, 2.24) is 14.8 Å². The zero-order chi connectivity index (χ0) is 22.9. The van der Waals surface area contributed by atoms with Gasteiger partial charge in [0, 0.05) is 38.3 Å². The minimum atomic E-state index is -0.415. The van der Waals surface area contributed by atoms with Gasteiger partial charge in [-0.2, -0.15) is 4.98 Å². The number of nitrogens with zero attached hydrogens (tertiary/aromatic N) is 3. The second-order valence-electron chi connectivity index (χ2n) is 7.85. The summed E-state index contributed by atoms with van der Waals surface area (Å²) in [5, 5.41) is 9.47. The summed E-state index contributed by atoms with van der Waals surface area (Å²) in [5.41, 5.74) is 3.43. The number of carbonyl (C=O) groups is 1. The van der Waals surface area contributed by atoms with Gasteiger partial charge in [0.25, 0.3) is 0 Å². The molecule has 0 saturated carbocycles. The van der Waals surface area contributed by atoms with Crippen LogP contribution < -0.4 is 10.1 Å². The molecule has 2 aromatic carbocycles. The van der Waals surface area contributed by atoms with Crippen molar-refractivity contribution in [3.8, 4) is 5.75 Å². The summed E-state index contributed by atoms with van der Waals surface area (Å²) in [6, 6.07) is 13.1. The Labute approximate surface area is 209 Å². The third-order valence-corrected chi connectivity index (χ3v) is 7.31. The van der Waals surface area contributed by atoms with Crippen molar-refractivity contribution >= 4 is 51.0 Å². The Kier molecular flexibility index (Phi) is 6.49. The van der Waals surface area contributed by atoms with Gasteiger partial charge in [-0.3, -0.25) is 4.79 Å². The fourth-order valence-electron chi connectivity index (χ4n) is 4.25. The molecular weight excluding hydrogens is 524 g/mol. The first-order valence-corrected chi connectivity index (χ1v) is 13.0. The molecule has 9 heteroatoms. The standard InChI is InChI=1S/C24H22BrClN4O2S/c1-2-33-24-28-23-27-18-8-5-9-19(31)21(18)22(30(23)29-24)16-12-15(25)10-11-20(16)32-13-14-6-3-4-7-17(14)26/h3-4,6-7,10-12,22H,2,5,8-9,13H2,1H3,(H,27,28,29). The third kappa shape index (κ3) is 4.44. The molecule has 1 aromatic heterocycles. The lowest BCUT2D eigenvalue weighted by Gasteiger charge is -2.33. The number of hydrogen-bond donors (Lipinski definition) is 1. The number of thioether (sulfide) groups is 1. The molecule has 1 atom stereocenters. The smallest absolute Gasteiger partial charge is 0.227 e. The van der Waals surface area contributed by atoms with Crippen LogP contribution in [-0.2, 0) is 11.4 Å². The lowest BCUT2D eigenvalue weighted by atomic mass is 9.85. The Morgan fingerprint density at radius 2 is 2.12 bits per heavy atom. The van der Waals surface area contributed by atoms with E-state index < -0.39 is 6.04 Å². The summed E-state index contributed by atoms with van der Waals surface area (Å²) in [5.74, 6) is 2.34. The molecule has 0 spiro atoms. The van der Waals surface area contributed by atoms with Crippen LogP contribution in [0.3, 0.4) is 0 Å². The summed E-state index contributed by atoms with van der Waals surface area (Å²) in [7, 11) is 0. The number of anilines is 1. The molecular formula is C24H22BrClN4O2S. The van der Waals surface area contributed by atoms with E-state index in [0.29, 0.717) is 34.9 Å². The van der Waals surface area contributed by atoms with Crippen LogP contribution in [0.5, 0.6) is 5.75 Å². The van der Waals surface area contributed by atoms with Crippen molar-refractivity contribution < 1.29 is 9.53 Å². The molecule has 3 aromatic rings. The van der Waals surface area contributed by atoms with Gasteiger partial charge in [0.15, 0.2) is 5.78 Å². The molecule has 1 N–H and O–H groups in total. The van der Waals surface area contributed by atoms with Crippen LogP contribution in [0.15, 0.2) is 63.4 Å². The number of nitrogens with one attached hydrogen (secondary N) is 1. The summed E-state index contributed by atoms with van der Waals surface area (Å²) in [4.78, 5) is 17.8. The normalized spacial score (nSPS) is 17.4. The Morgan fingerprint density at radius 3 is 2.94 bits per heavy atom. The van der Waals surface area contributed by atoms with E-state index in [9.17, 15) is 4.79 Å². The highest BCUT2D eigenvalue weighted by Gasteiger charge is 2.38. The van der Waals surface area contributed by atoms with E-state index in [0.717, 1.165) is 45.5 Å². The predicted molar refractivity (Wildman–Crippen MR) is 134 cm³/mol. The van der Waals surface area contributed by atoms with Gasteiger partial charge in [-0.05, 0) is 42.9 Å². The van der Waals surface area contributed by atoms with Gasteiger partial charge in [0.2, 0.25) is 11.1 Å². The van der Waals surface area contributed by atoms with E-state index in [1.807, 2.05) is 47.1 Å². The average Bonchev–Trinajstić information content (AvgIpc) is 3.20. The topological polar surface area (TPSA) is 69.0 Å². The van der Waals surface area contributed by atoms with Crippen molar-refractivity contribution in [2.75, 3.05) is 11.1 Å². The number of aromatic nitrogens is 3. The van der Waals surface area contributed by atoms with Crippen LogP contribution in [0.2, 0.25) is 5.02 Å². The number of halogens is 2. The van der Waals surface area contributed by atoms with E-state index in [1.54, 1.807) is 11.8 Å². The summed E-state index contributed by atoms with van der Waals surface area (Å²) < 4.78 is 8.99. The Balaban J connectivity index is 1.60. The maximum atomic E-state index is 13.1. The molecule has 170 valence electrons. The maximum absolute atomic E-state index is 13.1. The van der Waals surface area contributed by atoms with E-state index in [-0.39, 0.29) is 5.78 Å². The van der Waals surface area contributed by atoms with Crippen LogP contribution in [-0.4, -0.2) is 26.3 Å². The van der Waals surface area contributed by atoms with Gasteiger partial charge < -0.3 is 10.1 Å².